The molecule has 5 heteroatoms. The smallest absolute Gasteiger partial charge is 0.255 e. The van der Waals surface area contributed by atoms with E-state index in [-0.39, 0.29) is 5.91 Å². The molecule has 1 amide bonds. The zero-order chi connectivity index (χ0) is 15.9. The van der Waals surface area contributed by atoms with Gasteiger partial charge in [0.05, 0.1) is 12.3 Å². The minimum atomic E-state index is -0.196. The first-order valence-corrected chi connectivity index (χ1v) is 7.27. The van der Waals surface area contributed by atoms with E-state index in [2.05, 4.69) is 24.1 Å². The molecule has 0 aliphatic rings. The van der Waals surface area contributed by atoms with Crippen molar-refractivity contribution in [2.24, 2.45) is 11.7 Å². The number of amides is 1. The van der Waals surface area contributed by atoms with Crippen LogP contribution in [0, 0.1) is 5.92 Å². The predicted octanol–water partition coefficient (Wildman–Crippen LogP) is 2.83. The summed E-state index contributed by atoms with van der Waals surface area (Å²) in [6.45, 7) is 5.12. The summed E-state index contributed by atoms with van der Waals surface area (Å²) in [6.07, 6.45) is 1.58. The second kappa shape index (κ2) is 7.56. The number of ether oxygens (including phenoxy) is 1. The summed E-state index contributed by atoms with van der Waals surface area (Å²) in [6, 6.07) is 10.7. The highest BCUT2D eigenvalue weighted by atomic mass is 16.5. The molecule has 0 aliphatic carbocycles. The molecule has 1 aromatic heterocycles. The van der Waals surface area contributed by atoms with E-state index in [4.69, 9.17) is 10.5 Å². The van der Waals surface area contributed by atoms with Crippen LogP contribution in [0.3, 0.4) is 0 Å². The van der Waals surface area contributed by atoms with Crippen molar-refractivity contribution < 1.29 is 9.53 Å². The molecule has 0 saturated carbocycles. The van der Waals surface area contributed by atoms with E-state index >= 15 is 0 Å². The lowest BCUT2D eigenvalue weighted by Crippen LogP contribution is -2.13. The van der Waals surface area contributed by atoms with Gasteiger partial charge in [0.15, 0.2) is 0 Å². The van der Waals surface area contributed by atoms with Gasteiger partial charge in [-0.05, 0) is 30.2 Å². The van der Waals surface area contributed by atoms with Gasteiger partial charge in [0.25, 0.3) is 5.91 Å². The molecule has 0 unspecified atom stereocenters. The van der Waals surface area contributed by atoms with E-state index in [9.17, 15) is 4.79 Å². The van der Waals surface area contributed by atoms with E-state index < -0.39 is 0 Å². The lowest BCUT2D eigenvalue weighted by molar-refractivity contribution is 0.102. The lowest BCUT2D eigenvalue weighted by atomic mass is 10.2. The molecule has 3 N–H and O–H groups in total. The van der Waals surface area contributed by atoms with Crippen LogP contribution >= 0.6 is 0 Å². The number of hydrogen-bond acceptors (Lipinski definition) is 4. The quantitative estimate of drug-likeness (QED) is 0.860. The first-order chi connectivity index (χ1) is 10.6. The molecule has 0 saturated heterocycles. The third kappa shape index (κ3) is 4.56. The number of carbonyl (C=O) groups excluding carboxylic acids is 1. The average Bonchev–Trinajstić information content (AvgIpc) is 2.53. The van der Waals surface area contributed by atoms with E-state index in [1.807, 2.05) is 24.3 Å². The monoisotopic (exact) mass is 299 g/mol. The van der Waals surface area contributed by atoms with Crippen molar-refractivity contribution in [1.29, 1.82) is 0 Å². The molecule has 22 heavy (non-hydrogen) atoms. The first kappa shape index (κ1) is 16.0. The summed E-state index contributed by atoms with van der Waals surface area (Å²) < 4.78 is 5.65. The Morgan fingerprint density at radius 3 is 2.86 bits per heavy atom. The number of nitrogens with zero attached hydrogens (tertiary/aromatic N) is 1. The molecule has 0 bridgehead atoms. The molecule has 0 atom stereocenters. The first-order valence-electron chi connectivity index (χ1n) is 7.27. The minimum absolute atomic E-state index is 0.196. The van der Waals surface area contributed by atoms with Crippen LogP contribution < -0.4 is 15.8 Å². The van der Waals surface area contributed by atoms with Gasteiger partial charge in [0, 0.05) is 30.1 Å². The molecule has 0 fully saturated rings. The molecule has 2 rings (SSSR count). The van der Waals surface area contributed by atoms with E-state index in [1.54, 1.807) is 18.3 Å². The molecule has 2 aromatic rings. The number of benzene rings is 1. The lowest BCUT2D eigenvalue weighted by Gasteiger charge is -2.11. The highest BCUT2D eigenvalue weighted by molar-refractivity contribution is 6.04. The van der Waals surface area contributed by atoms with Crippen LogP contribution in [0.2, 0.25) is 0 Å². The van der Waals surface area contributed by atoms with E-state index in [0.717, 1.165) is 5.75 Å². The van der Waals surface area contributed by atoms with Crippen LogP contribution in [0.4, 0.5) is 5.69 Å². The Morgan fingerprint density at radius 2 is 2.14 bits per heavy atom. The summed E-state index contributed by atoms with van der Waals surface area (Å²) in [5.41, 5.74) is 7.44. The maximum atomic E-state index is 12.2. The largest absolute Gasteiger partial charge is 0.493 e. The zero-order valence-corrected chi connectivity index (χ0v) is 12.9. The molecule has 1 aromatic carbocycles. The highest BCUT2D eigenvalue weighted by Gasteiger charge is 2.08. The van der Waals surface area contributed by atoms with Gasteiger partial charge in [0.1, 0.15) is 5.75 Å². The molecule has 5 nitrogen and oxygen atoms in total. The van der Waals surface area contributed by atoms with Crippen LogP contribution in [0.5, 0.6) is 5.75 Å². The SMILES string of the molecule is CC(C)COc1cccc(NC(=O)c2ccnc(CN)c2)c1. The summed E-state index contributed by atoms with van der Waals surface area (Å²) in [5, 5.41) is 2.85. The van der Waals surface area contributed by atoms with Crippen LogP contribution in [-0.4, -0.2) is 17.5 Å². The van der Waals surface area contributed by atoms with Crippen LogP contribution in [0.1, 0.15) is 29.9 Å². The molecule has 116 valence electrons. The predicted molar refractivity (Wildman–Crippen MR) is 86.9 cm³/mol. The fourth-order valence-corrected chi connectivity index (χ4v) is 1.86. The second-order valence-corrected chi connectivity index (χ2v) is 5.43. The minimum Gasteiger partial charge on any atom is -0.493 e. The molecule has 0 aliphatic heterocycles. The number of pyridine rings is 1. The Balaban J connectivity index is 2.06. The zero-order valence-electron chi connectivity index (χ0n) is 12.9. The van der Waals surface area contributed by atoms with Crippen molar-refractivity contribution in [3.8, 4) is 5.75 Å². The maximum absolute atomic E-state index is 12.2. The fourth-order valence-electron chi connectivity index (χ4n) is 1.86. The number of aromatic nitrogens is 1. The number of anilines is 1. The van der Waals surface area contributed by atoms with Gasteiger partial charge in [-0.15, -0.1) is 0 Å². The molecule has 0 spiro atoms. The Hall–Kier alpha value is -2.40. The molecule has 0 radical (unpaired) electrons. The Bertz CT molecular complexity index is 641. The Labute approximate surface area is 130 Å². The highest BCUT2D eigenvalue weighted by Crippen LogP contribution is 2.18. The van der Waals surface area contributed by atoms with Crippen molar-refractivity contribution in [3.63, 3.8) is 0 Å². The van der Waals surface area contributed by atoms with Crippen molar-refractivity contribution >= 4 is 11.6 Å². The van der Waals surface area contributed by atoms with E-state index in [0.29, 0.717) is 36.0 Å². The average molecular weight is 299 g/mol. The third-order valence-corrected chi connectivity index (χ3v) is 2.96. The van der Waals surface area contributed by atoms with Crippen molar-refractivity contribution in [1.82, 2.24) is 4.98 Å². The maximum Gasteiger partial charge on any atom is 0.255 e. The Morgan fingerprint density at radius 1 is 1.32 bits per heavy atom. The number of rotatable bonds is 6. The molecular formula is C17H21N3O2. The summed E-state index contributed by atoms with van der Waals surface area (Å²) in [7, 11) is 0. The van der Waals surface area contributed by atoms with E-state index in [1.165, 1.54) is 0 Å². The number of nitrogens with one attached hydrogen (secondary N) is 1. The molecular weight excluding hydrogens is 278 g/mol. The summed E-state index contributed by atoms with van der Waals surface area (Å²) in [5.74, 6) is 0.992. The van der Waals surface area contributed by atoms with Crippen molar-refractivity contribution in [2.75, 3.05) is 11.9 Å². The normalized spacial score (nSPS) is 10.5. The number of nitrogens with two attached hydrogens (primary N) is 1. The van der Waals surface area contributed by atoms with Crippen molar-refractivity contribution in [3.05, 3.63) is 53.9 Å². The van der Waals surface area contributed by atoms with Gasteiger partial charge in [-0.1, -0.05) is 19.9 Å². The summed E-state index contributed by atoms with van der Waals surface area (Å²) in [4.78, 5) is 16.3. The second-order valence-electron chi connectivity index (χ2n) is 5.43. The number of hydrogen-bond donors (Lipinski definition) is 2. The van der Waals surface area contributed by atoms with Gasteiger partial charge in [0.2, 0.25) is 0 Å². The van der Waals surface area contributed by atoms with Crippen LogP contribution in [0.15, 0.2) is 42.6 Å². The van der Waals surface area contributed by atoms with Crippen LogP contribution in [-0.2, 0) is 6.54 Å². The van der Waals surface area contributed by atoms with Crippen molar-refractivity contribution in [2.45, 2.75) is 20.4 Å². The standard InChI is InChI=1S/C17H21N3O2/c1-12(2)11-22-16-5-3-4-14(9-16)20-17(21)13-6-7-19-15(8-13)10-18/h3-9,12H,10-11,18H2,1-2H3,(H,20,21). The van der Waals surface area contributed by atoms with Gasteiger partial charge < -0.3 is 15.8 Å². The van der Waals surface area contributed by atoms with Gasteiger partial charge in [-0.2, -0.15) is 0 Å². The third-order valence-electron chi connectivity index (χ3n) is 2.96. The molecule has 1 heterocycles. The van der Waals surface area contributed by atoms with Gasteiger partial charge in [-0.3, -0.25) is 9.78 Å². The topological polar surface area (TPSA) is 77.2 Å². The number of carbonyl (C=O) groups is 1. The summed E-state index contributed by atoms with van der Waals surface area (Å²) >= 11 is 0. The van der Waals surface area contributed by atoms with Gasteiger partial charge >= 0.3 is 0 Å². The van der Waals surface area contributed by atoms with Crippen LogP contribution in [0.25, 0.3) is 0 Å². The van der Waals surface area contributed by atoms with Gasteiger partial charge in [-0.25, -0.2) is 0 Å². The Kier molecular flexibility index (Phi) is 5.49. The fraction of sp³-hybridized carbons (Fsp3) is 0.294.